The van der Waals surface area contributed by atoms with Crippen LogP contribution in [0.4, 0.5) is 0 Å². The standard InChI is InChI=1S/C4H3NO2/c6-3-2-1-7-4(3)5-2/h2H,1H2. The van der Waals surface area contributed by atoms with Crippen molar-refractivity contribution in [2.24, 2.45) is 4.99 Å². The zero-order valence-electron chi connectivity index (χ0n) is 3.55. The van der Waals surface area contributed by atoms with Gasteiger partial charge in [0, 0.05) is 0 Å². The Morgan fingerprint density at radius 1 is 1.86 bits per heavy atom. The highest BCUT2D eigenvalue weighted by Crippen LogP contribution is 2.17. The van der Waals surface area contributed by atoms with Crippen LogP contribution in [-0.2, 0) is 9.53 Å². The van der Waals surface area contributed by atoms with Crippen molar-refractivity contribution in [1.82, 2.24) is 0 Å². The second-order valence-corrected chi connectivity index (χ2v) is 1.63. The van der Waals surface area contributed by atoms with E-state index in [2.05, 4.69) is 4.99 Å². The van der Waals surface area contributed by atoms with Gasteiger partial charge in [-0.3, -0.25) is 4.79 Å². The molecular formula is C4H3NO2. The first-order chi connectivity index (χ1) is 3.38. The number of hydrogen-bond donors (Lipinski definition) is 0. The van der Waals surface area contributed by atoms with Gasteiger partial charge in [-0.15, -0.1) is 0 Å². The summed E-state index contributed by atoms with van der Waals surface area (Å²) in [5, 5.41) is 0. The smallest absolute Gasteiger partial charge is 0.256 e. The van der Waals surface area contributed by atoms with E-state index < -0.39 is 0 Å². The van der Waals surface area contributed by atoms with Gasteiger partial charge in [0.2, 0.25) is 5.78 Å². The molecule has 2 bridgehead atoms. The maximum Gasteiger partial charge on any atom is 0.256 e. The van der Waals surface area contributed by atoms with Crippen LogP contribution in [0.2, 0.25) is 0 Å². The molecule has 0 saturated carbocycles. The highest BCUT2D eigenvalue weighted by atomic mass is 16.5. The van der Waals surface area contributed by atoms with Crippen molar-refractivity contribution in [3.63, 3.8) is 0 Å². The molecule has 3 aliphatic rings. The molecule has 3 aliphatic heterocycles. The van der Waals surface area contributed by atoms with E-state index >= 15 is 0 Å². The molecule has 3 heterocycles. The topological polar surface area (TPSA) is 38.7 Å². The van der Waals surface area contributed by atoms with Crippen LogP contribution in [0.3, 0.4) is 0 Å². The van der Waals surface area contributed by atoms with E-state index in [0.717, 1.165) is 0 Å². The number of ether oxygens (including phenoxy) is 1. The molecule has 3 rings (SSSR count). The first-order valence-corrected chi connectivity index (χ1v) is 2.13. The predicted molar refractivity (Wildman–Crippen MR) is 22.2 cm³/mol. The maximum absolute atomic E-state index is 10.4. The van der Waals surface area contributed by atoms with E-state index in [-0.39, 0.29) is 11.8 Å². The van der Waals surface area contributed by atoms with Crippen LogP contribution in [-0.4, -0.2) is 24.3 Å². The molecule has 1 atom stereocenters. The predicted octanol–water partition coefficient (Wildman–Crippen LogP) is -0.634. The van der Waals surface area contributed by atoms with Crippen molar-refractivity contribution in [3.8, 4) is 0 Å². The van der Waals surface area contributed by atoms with Gasteiger partial charge in [-0.25, -0.2) is 4.99 Å². The van der Waals surface area contributed by atoms with E-state index in [1.165, 1.54) is 0 Å². The van der Waals surface area contributed by atoms with Crippen LogP contribution >= 0.6 is 0 Å². The fraction of sp³-hybridized carbons (Fsp3) is 0.500. The Balaban J connectivity index is 2.49. The normalized spacial score (nSPS) is 34.0. The number of fused-ring (bicyclic) bond motifs is 1. The molecule has 0 aromatic rings. The van der Waals surface area contributed by atoms with Crippen LogP contribution in [0.5, 0.6) is 0 Å². The van der Waals surface area contributed by atoms with Crippen molar-refractivity contribution < 1.29 is 9.53 Å². The summed E-state index contributed by atoms with van der Waals surface area (Å²) in [6.07, 6.45) is 0. The molecule has 36 valence electrons. The van der Waals surface area contributed by atoms with Crippen LogP contribution < -0.4 is 0 Å². The van der Waals surface area contributed by atoms with Gasteiger partial charge in [0.15, 0.2) is 6.04 Å². The van der Waals surface area contributed by atoms with Crippen molar-refractivity contribution in [1.29, 1.82) is 0 Å². The van der Waals surface area contributed by atoms with Gasteiger partial charge in [0.1, 0.15) is 6.61 Å². The lowest BCUT2D eigenvalue weighted by atomic mass is 10.2. The van der Waals surface area contributed by atoms with Gasteiger partial charge in [-0.1, -0.05) is 0 Å². The molecule has 3 heteroatoms. The molecule has 1 fully saturated rings. The first kappa shape index (κ1) is 3.18. The van der Waals surface area contributed by atoms with Crippen molar-refractivity contribution in [2.75, 3.05) is 6.61 Å². The number of hydrogen-bond acceptors (Lipinski definition) is 3. The molecule has 0 aliphatic carbocycles. The second-order valence-electron chi connectivity index (χ2n) is 1.63. The third kappa shape index (κ3) is 0.195. The van der Waals surface area contributed by atoms with Crippen LogP contribution in [0.1, 0.15) is 0 Å². The second kappa shape index (κ2) is 0.710. The number of Topliss-reactive ketones (excluding diaryl/α,β-unsaturated/α-hetero) is 1. The monoisotopic (exact) mass is 97.0 g/mol. The summed E-state index contributed by atoms with van der Waals surface area (Å²) >= 11 is 0. The molecule has 1 unspecified atom stereocenters. The van der Waals surface area contributed by atoms with Crippen LogP contribution in [0.15, 0.2) is 4.99 Å². The molecule has 0 radical (unpaired) electrons. The Bertz CT molecular complexity index is 161. The highest BCUT2D eigenvalue weighted by molar-refractivity contribution is 6.45. The van der Waals surface area contributed by atoms with Crippen LogP contribution in [0.25, 0.3) is 0 Å². The van der Waals surface area contributed by atoms with E-state index in [9.17, 15) is 4.79 Å². The summed E-state index contributed by atoms with van der Waals surface area (Å²) < 4.78 is 4.74. The van der Waals surface area contributed by atoms with E-state index in [1.807, 2.05) is 0 Å². The molecule has 0 N–H and O–H groups in total. The number of carbonyl (C=O) groups is 1. The third-order valence-electron chi connectivity index (χ3n) is 1.16. The van der Waals surface area contributed by atoms with Gasteiger partial charge in [-0.05, 0) is 0 Å². The molecule has 3 nitrogen and oxygen atoms in total. The average Bonchev–Trinajstić information content (AvgIpc) is 2.18. The van der Waals surface area contributed by atoms with Gasteiger partial charge < -0.3 is 4.74 Å². The average molecular weight is 97.1 g/mol. The minimum atomic E-state index is -0.116. The van der Waals surface area contributed by atoms with Crippen molar-refractivity contribution in [2.45, 2.75) is 6.04 Å². The van der Waals surface area contributed by atoms with E-state index in [1.54, 1.807) is 0 Å². The zero-order chi connectivity index (χ0) is 4.85. The fourth-order valence-electron chi connectivity index (χ4n) is 0.719. The third-order valence-corrected chi connectivity index (χ3v) is 1.16. The maximum atomic E-state index is 10.4. The van der Waals surface area contributed by atoms with Crippen molar-refractivity contribution in [3.05, 3.63) is 0 Å². The Morgan fingerprint density at radius 2 is 2.71 bits per heavy atom. The largest absolute Gasteiger partial charge is 0.473 e. The molecule has 0 spiro atoms. The number of ketones is 1. The summed E-state index contributed by atoms with van der Waals surface area (Å²) in [7, 11) is 0. The lowest BCUT2D eigenvalue weighted by molar-refractivity contribution is -0.114. The van der Waals surface area contributed by atoms with Crippen molar-refractivity contribution >= 4 is 11.7 Å². The molecule has 0 amide bonds. The number of carbonyl (C=O) groups excluding carboxylic acids is 1. The van der Waals surface area contributed by atoms with Gasteiger partial charge >= 0.3 is 0 Å². The van der Waals surface area contributed by atoms with E-state index in [0.29, 0.717) is 12.5 Å². The number of nitrogens with zero attached hydrogens (tertiary/aromatic N) is 1. The number of rotatable bonds is 0. The summed E-state index contributed by atoms with van der Waals surface area (Å²) in [4.78, 5) is 14.1. The fourth-order valence-corrected chi connectivity index (χ4v) is 0.719. The molecule has 0 aromatic heterocycles. The first-order valence-electron chi connectivity index (χ1n) is 2.13. The van der Waals surface area contributed by atoms with Crippen LogP contribution in [0, 0.1) is 0 Å². The molecule has 0 aromatic carbocycles. The SMILES string of the molecule is O=C1C2=NC1CO2. The van der Waals surface area contributed by atoms with E-state index in [4.69, 9.17) is 4.74 Å². The Labute approximate surface area is 40.0 Å². The molecular weight excluding hydrogens is 94.0 g/mol. The minimum absolute atomic E-state index is 0.0833. The molecule has 1 saturated heterocycles. The summed E-state index contributed by atoms with van der Waals surface area (Å²) in [5.74, 6) is 0.421. The minimum Gasteiger partial charge on any atom is -0.473 e. The molecule has 7 heavy (non-hydrogen) atoms. The van der Waals surface area contributed by atoms with Gasteiger partial charge in [-0.2, -0.15) is 0 Å². The number of aliphatic imine (C=N–C) groups is 1. The van der Waals surface area contributed by atoms with Gasteiger partial charge in [0.05, 0.1) is 0 Å². The summed E-state index contributed by atoms with van der Waals surface area (Å²) in [6.45, 7) is 0.494. The summed E-state index contributed by atoms with van der Waals surface area (Å²) in [5.41, 5.74) is 0. The Kier molecular flexibility index (Phi) is 0.323. The lowest BCUT2D eigenvalue weighted by Crippen LogP contribution is -2.28. The Morgan fingerprint density at radius 3 is 2.86 bits per heavy atom. The lowest BCUT2D eigenvalue weighted by Gasteiger charge is -2.01. The quantitative estimate of drug-likeness (QED) is 0.403. The highest BCUT2D eigenvalue weighted by Gasteiger charge is 2.41. The Hall–Kier alpha value is -0.860. The zero-order valence-corrected chi connectivity index (χ0v) is 3.55. The van der Waals surface area contributed by atoms with Gasteiger partial charge in [0.25, 0.3) is 5.90 Å². The summed E-state index contributed by atoms with van der Waals surface area (Å²) in [6, 6.07) is -0.116.